The zero-order valence-corrected chi connectivity index (χ0v) is 9.09. The van der Waals surface area contributed by atoms with Gasteiger partial charge >= 0.3 is 0 Å². The van der Waals surface area contributed by atoms with E-state index in [4.69, 9.17) is 0 Å². The van der Waals surface area contributed by atoms with Crippen LogP contribution in [0.15, 0.2) is 16.9 Å². The second kappa shape index (κ2) is 3.44. The summed E-state index contributed by atoms with van der Waals surface area (Å²) in [6.07, 6.45) is 3.38. The summed E-state index contributed by atoms with van der Waals surface area (Å²) in [5, 5.41) is 9.25. The topological polar surface area (TPSA) is 24.1 Å². The quantitative estimate of drug-likeness (QED) is 0.582. The van der Waals surface area contributed by atoms with Crippen LogP contribution in [-0.4, -0.2) is 5.21 Å². The molecule has 3 heteroatoms. The van der Waals surface area contributed by atoms with Crippen LogP contribution in [0.5, 0.6) is 0 Å². The highest BCUT2D eigenvalue weighted by Crippen LogP contribution is 2.22. The Morgan fingerprint density at radius 3 is 2.50 bits per heavy atom. The summed E-state index contributed by atoms with van der Waals surface area (Å²) in [4.78, 5) is 0. The monoisotopic (exact) mass is 230 g/mol. The molecule has 1 rings (SSSR count). The van der Waals surface area contributed by atoms with Crippen LogP contribution in [0, 0.1) is 6.92 Å². The molecule has 0 saturated carbocycles. The smallest absolute Gasteiger partial charge is 0.236 e. The maximum atomic E-state index is 9.25. The van der Waals surface area contributed by atoms with Gasteiger partial charge in [0.15, 0.2) is 0 Å². The van der Waals surface area contributed by atoms with Gasteiger partial charge in [0, 0.05) is 10.3 Å². The van der Waals surface area contributed by atoms with Crippen LogP contribution < -0.4 is 4.73 Å². The van der Waals surface area contributed by atoms with Crippen molar-refractivity contribution < 1.29 is 9.94 Å². The first-order valence-corrected chi connectivity index (χ1v) is 4.72. The van der Waals surface area contributed by atoms with E-state index in [1.807, 2.05) is 6.92 Å². The highest BCUT2D eigenvalue weighted by molar-refractivity contribution is 9.10. The Morgan fingerprint density at radius 2 is 2.00 bits per heavy atom. The zero-order chi connectivity index (χ0) is 9.30. The van der Waals surface area contributed by atoms with Crippen molar-refractivity contribution in [2.75, 3.05) is 0 Å². The van der Waals surface area contributed by atoms with Crippen molar-refractivity contribution in [2.24, 2.45) is 0 Å². The van der Waals surface area contributed by atoms with Gasteiger partial charge in [-0.1, -0.05) is 13.8 Å². The fourth-order valence-corrected chi connectivity index (χ4v) is 1.65. The molecule has 0 unspecified atom stereocenters. The largest absolute Gasteiger partial charge is 0.285 e. The Balaban J connectivity index is 3.28. The highest BCUT2D eigenvalue weighted by atomic mass is 79.9. The lowest BCUT2D eigenvalue weighted by molar-refractivity contribution is -0.905. The highest BCUT2D eigenvalue weighted by Gasteiger charge is 2.13. The fourth-order valence-electron chi connectivity index (χ4n) is 1.21. The predicted molar refractivity (Wildman–Crippen MR) is 50.3 cm³/mol. The molecule has 1 N–H and O–H groups in total. The van der Waals surface area contributed by atoms with Gasteiger partial charge in [-0.2, -0.15) is 0 Å². The van der Waals surface area contributed by atoms with E-state index in [-0.39, 0.29) is 0 Å². The van der Waals surface area contributed by atoms with Crippen LogP contribution in [0.25, 0.3) is 0 Å². The summed E-state index contributed by atoms with van der Waals surface area (Å²) in [6, 6.07) is 0. The van der Waals surface area contributed by atoms with E-state index < -0.39 is 0 Å². The number of pyridine rings is 1. The van der Waals surface area contributed by atoms with Gasteiger partial charge < -0.3 is 0 Å². The van der Waals surface area contributed by atoms with Crippen LogP contribution in [-0.2, 0) is 0 Å². The van der Waals surface area contributed by atoms with Gasteiger partial charge in [-0.15, -0.1) is 0 Å². The standard InChI is InChI=1S/C9H13BrNO/c1-6(2)8-4-11(12)5-9(10)7(8)3/h4-6,12H,1-3H3/q+1. The lowest BCUT2D eigenvalue weighted by Gasteiger charge is -2.06. The summed E-state index contributed by atoms with van der Waals surface area (Å²) < 4.78 is 2.03. The van der Waals surface area contributed by atoms with Gasteiger partial charge in [0.2, 0.25) is 12.4 Å². The lowest BCUT2D eigenvalue weighted by Crippen LogP contribution is -2.30. The molecular formula is C9H13BrNO+. The molecule has 0 saturated heterocycles. The maximum Gasteiger partial charge on any atom is 0.236 e. The summed E-state index contributed by atoms with van der Waals surface area (Å²) in [5.41, 5.74) is 2.35. The van der Waals surface area contributed by atoms with Crippen LogP contribution in [0.1, 0.15) is 30.9 Å². The summed E-state index contributed by atoms with van der Waals surface area (Å²) in [6.45, 7) is 6.25. The van der Waals surface area contributed by atoms with Crippen molar-refractivity contribution >= 4 is 15.9 Å². The minimum absolute atomic E-state index is 0.431. The van der Waals surface area contributed by atoms with Gasteiger partial charge in [0.1, 0.15) is 0 Å². The van der Waals surface area contributed by atoms with E-state index in [0.29, 0.717) is 5.92 Å². The zero-order valence-electron chi connectivity index (χ0n) is 7.50. The first kappa shape index (κ1) is 9.52. The first-order valence-electron chi connectivity index (χ1n) is 3.93. The second-order valence-electron chi connectivity index (χ2n) is 3.22. The Bertz CT molecular complexity index is 297. The van der Waals surface area contributed by atoms with Gasteiger partial charge in [0.05, 0.1) is 4.47 Å². The molecular weight excluding hydrogens is 218 g/mol. The third kappa shape index (κ3) is 1.78. The Morgan fingerprint density at radius 1 is 1.42 bits per heavy atom. The van der Waals surface area contributed by atoms with E-state index in [2.05, 4.69) is 29.8 Å². The minimum Gasteiger partial charge on any atom is -0.285 e. The van der Waals surface area contributed by atoms with E-state index in [9.17, 15) is 5.21 Å². The van der Waals surface area contributed by atoms with Gasteiger partial charge in [-0.05, 0) is 34.3 Å². The molecule has 0 fully saturated rings. The second-order valence-corrected chi connectivity index (χ2v) is 4.08. The molecule has 0 amide bonds. The van der Waals surface area contributed by atoms with E-state index in [1.54, 1.807) is 12.4 Å². The SMILES string of the molecule is Cc1c(Br)c[n+](O)cc1C(C)C. The number of rotatable bonds is 1. The number of halogens is 1. The van der Waals surface area contributed by atoms with Crippen molar-refractivity contribution in [2.45, 2.75) is 26.7 Å². The van der Waals surface area contributed by atoms with Crippen LogP contribution >= 0.6 is 15.9 Å². The average molecular weight is 231 g/mol. The molecule has 0 spiro atoms. The van der Waals surface area contributed by atoms with Crippen LogP contribution in [0.3, 0.4) is 0 Å². The van der Waals surface area contributed by atoms with Crippen molar-refractivity contribution in [3.63, 3.8) is 0 Å². The van der Waals surface area contributed by atoms with Crippen molar-refractivity contribution in [1.82, 2.24) is 0 Å². The minimum atomic E-state index is 0.431. The summed E-state index contributed by atoms with van der Waals surface area (Å²) >= 11 is 3.38. The number of aromatic nitrogens is 1. The molecule has 0 aromatic carbocycles. The van der Waals surface area contributed by atoms with Crippen LogP contribution in [0.2, 0.25) is 0 Å². The molecule has 0 atom stereocenters. The summed E-state index contributed by atoms with van der Waals surface area (Å²) in [7, 11) is 0. The molecule has 0 aliphatic rings. The van der Waals surface area contributed by atoms with Gasteiger partial charge in [0.25, 0.3) is 0 Å². The van der Waals surface area contributed by atoms with Gasteiger partial charge in [-0.3, -0.25) is 5.21 Å². The number of hydrogen-bond donors (Lipinski definition) is 1. The molecule has 0 radical (unpaired) electrons. The number of hydrogen-bond acceptors (Lipinski definition) is 1. The van der Waals surface area contributed by atoms with Crippen LogP contribution in [0.4, 0.5) is 0 Å². The lowest BCUT2D eigenvalue weighted by atomic mass is 10.0. The molecule has 12 heavy (non-hydrogen) atoms. The first-order chi connectivity index (χ1) is 5.52. The molecule has 0 bridgehead atoms. The molecule has 0 aliphatic heterocycles. The van der Waals surface area contributed by atoms with Crippen molar-refractivity contribution in [3.8, 4) is 0 Å². The van der Waals surface area contributed by atoms with E-state index in [0.717, 1.165) is 14.8 Å². The molecule has 1 aromatic heterocycles. The maximum absolute atomic E-state index is 9.25. The summed E-state index contributed by atoms with van der Waals surface area (Å²) in [5.74, 6) is 0.431. The Kier molecular flexibility index (Phi) is 2.73. The normalized spacial score (nSPS) is 10.8. The Labute approximate surface area is 80.9 Å². The molecule has 66 valence electrons. The predicted octanol–water partition coefficient (Wildman–Crippen LogP) is 2.41. The molecule has 1 heterocycles. The van der Waals surface area contributed by atoms with Crippen molar-refractivity contribution in [1.29, 1.82) is 0 Å². The molecule has 1 aromatic rings. The molecule has 0 aliphatic carbocycles. The third-order valence-corrected chi connectivity index (χ3v) is 2.73. The number of nitrogens with zero attached hydrogens (tertiary/aromatic N) is 1. The fraction of sp³-hybridized carbons (Fsp3) is 0.444. The van der Waals surface area contributed by atoms with E-state index in [1.165, 1.54) is 5.56 Å². The average Bonchev–Trinajstić information content (AvgIpc) is 1.96. The third-order valence-electron chi connectivity index (χ3n) is 1.93. The van der Waals surface area contributed by atoms with Gasteiger partial charge in [-0.25, -0.2) is 0 Å². The van der Waals surface area contributed by atoms with Crippen molar-refractivity contribution in [3.05, 3.63) is 28.0 Å². The Hall–Kier alpha value is -0.570. The van der Waals surface area contributed by atoms with E-state index >= 15 is 0 Å². The molecule has 2 nitrogen and oxygen atoms in total.